The molecule has 0 saturated carbocycles. The van der Waals surface area contributed by atoms with Gasteiger partial charge in [0.15, 0.2) is 17.1 Å². The average Bonchev–Trinajstić information content (AvgIpc) is 3.21. The Balaban J connectivity index is 1.65. The van der Waals surface area contributed by atoms with Gasteiger partial charge in [0.05, 0.1) is 10.7 Å². The molecule has 1 aromatic heterocycles. The molecule has 0 radical (unpaired) electrons. The van der Waals surface area contributed by atoms with Crippen molar-refractivity contribution in [3.8, 4) is 5.75 Å². The van der Waals surface area contributed by atoms with Gasteiger partial charge in [0.2, 0.25) is 5.91 Å². The molecule has 2 aromatic carbocycles. The number of carbonyl (C=O) groups excluding carboxylic acids is 1. The first kappa shape index (κ1) is 25.0. The molecule has 3 aromatic rings. The van der Waals surface area contributed by atoms with Crippen LogP contribution < -0.4 is 10.1 Å². The van der Waals surface area contributed by atoms with E-state index in [-0.39, 0.29) is 23.5 Å². The average molecular weight is 482 g/mol. The number of nitro benzene ring substituents is 1. The highest BCUT2D eigenvalue weighted by Gasteiger charge is 2.20. The number of rotatable bonds is 11. The zero-order valence-corrected chi connectivity index (χ0v) is 20.1. The summed E-state index contributed by atoms with van der Waals surface area (Å²) < 4.78 is 7.92. The van der Waals surface area contributed by atoms with Gasteiger partial charge in [-0.15, -0.1) is 16.8 Å². The smallest absolute Gasteiger partial charge is 0.271 e. The number of thioether (sulfide) groups is 1. The first-order valence-corrected chi connectivity index (χ1v) is 11.7. The van der Waals surface area contributed by atoms with Crippen LogP contribution in [-0.2, 0) is 11.3 Å². The fourth-order valence-electron chi connectivity index (χ4n) is 3.22. The number of benzene rings is 2. The third kappa shape index (κ3) is 6.44. The van der Waals surface area contributed by atoms with Gasteiger partial charge in [-0.2, -0.15) is 0 Å². The van der Waals surface area contributed by atoms with E-state index in [1.165, 1.54) is 35.5 Å². The van der Waals surface area contributed by atoms with E-state index in [4.69, 9.17) is 4.74 Å². The minimum atomic E-state index is -0.508. The molecule has 1 unspecified atom stereocenters. The largest absolute Gasteiger partial charge is 0.483 e. The molecule has 1 amide bonds. The summed E-state index contributed by atoms with van der Waals surface area (Å²) in [6, 6.07) is 13.8. The van der Waals surface area contributed by atoms with Crippen molar-refractivity contribution < 1.29 is 14.5 Å². The highest BCUT2D eigenvalue weighted by Crippen LogP contribution is 2.26. The van der Waals surface area contributed by atoms with Crippen LogP contribution in [0, 0.1) is 10.1 Å². The van der Waals surface area contributed by atoms with Crippen molar-refractivity contribution in [3.63, 3.8) is 0 Å². The van der Waals surface area contributed by atoms with Gasteiger partial charge < -0.3 is 10.1 Å². The maximum Gasteiger partial charge on any atom is 0.271 e. The maximum atomic E-state index is 12.4. The maximum absolute atomic E-state index is 12.4. The number of allylic oxidation sites excluding steroid dienone is 1. The Labute approximate surface area is 202 Å². The van der Waals surface area contributed by atoms with Gasteiger partial charge in [0.1, 0.15) is 5.75 Å². The van der Waals surface area contributed by atoms with Gasteiger partial charge in [0.25, 0.3) is 5.69 Å². The molecule has 10 heteroatoms. The lowest BCUT2D eigenvalue weighted by Crippen LogP contribution is -2.15. The van der Waals surface area contributed by atoms with E-state index >= 15 is 0 Å². The zero-order valence-electron chi connectivity index (χ0n) is 19.3. The highest BCUT2D eigenvalue weighted by molar-refractivity contribution is 7.99. The van der Waals surface area contributed by atoms with Crippen molar-refractivity contribution >= 4 is 29.0 Å². The van der Waals surface area contributed by atoms with E-state index in [1.807, 2.05) is 35.8 Å². The zero-order chi connectivity index (χ0) is 24.7. The minimum absolute atomic E-state index is 0.0594. The first-order chi connectivity index (χ1) is 16.3. The molecule has 0 fully saturated rings. The van der Waals surface area contributed by atoms with Gasteiger partial charge in [-0.25, -0.2) is 0 Å². The SMILES string of the molecule is C=CCn1c(SCC(=O)Nc2cccc([N+](=O)[O-])c2)nnc1C(C)Oc1ccc(C(C)C)cc1. The molecule has 0 aliphatic heterocycles. The number of carbonyl (C=O) groups is 1. The van der Waals surface area contributed by atoms with E-state index in [0.717, 1.165) is 5.75 Å². The molecule has 0 saturated heterocycles. The number of nitrogens with zero attached hydrogens (tertiary/aromatic N) is 4. The molecular weight excluding hydrogens is 454 g/mol. The molecule has 178 valence electrons. The third-order valence-corrected chi connectivity index (χ3v) is 5.92. The molecule has 3 rings (SSSR count). The lowest BCUT2D eigenvalue weighted by molar-refractivity contribution is -0.384. The Morgan fingerprint density at radius 1 is 1.24 bits per heavy atom. The van der Waals surface area contributed by atoms with Crippen molar-refractivity contribution in [2.45, 2.75) is 44.5 Å². The number of nitro groups is 1. The number of nitrogens with one attached hydrogen (secondary N) is 1. The Hall–Kier alpha value is -3.66. The normalized spacial score (nSPS) is 11.8. The second kappa shape index (κ2) is 11.5. The Bertz CT molecular complexity index is 1160. The van der Waals surface area contributed by atoms with Crippen LogP contribution in [0.5, 0.6) is 5.75 Å². The Morgan fingerprint density at radius 3 is 2.62 bits per heavy atom. The molecule has 0 bridgehead atoms. The third-order valence-electron chi connectivity index (χ3n) is 4.95. The lowest BCUT2D eigenvalue weighted by atomic mass is 10.0. The molecule has 34 heavy (non-hydrogen) atoms. The number of non-ortho nitro benzene ring substituents is 1. The van der Waals surface area contributed by atoms with Crippen LogP contribution in [-0.4, -0.2) is 31.3 Å². The first-order valence-electron chi connectivity index (χ1n) is 10.8. The number of hydrogen-bond acceptors (Lipinski definition) is 7. The van der Waals surface area contributed by atoms with Gasteiger partial charge in [-0.05, 0) is 36.6 Å². The molecule has 1 N–H and O–H groups in total. The van der Waals surface area contributed by atoms with Gasteiger partial charge >= 0.3 is 0 Å². The molecule has 1 heterocycles. The minimum Gasteiger partial charge on any atom is -0.483 e. The van der Waals surface area contributed by atoms with Crippen LogP contribution in [0.25, 0.3) is 0 Å². The van der Waals surface area contributed by atoms with E-state index < -0.39 is 4.92 Å². The van der Waals surface area contributed by atoms with Gasteiger partial charge in [-0.3, -0.25) is 19.5 Å². The van der Waals surface area contributed by atoms with Crippen molar-refractivity contribution in [3.05, 3.63) is 82.7 Å². The fraction of sp³-hybridized carbons (Fsp3) is 0.292. The molecule has 0 aliphatic rings. The van der Waals surface area contributed by atoms with Crippen LogP contribution in [0.4, 0.5) is 11.4 Å². The molecule has 9 nitrogen and oxygen atoms in total. The van der Waals surface area contributed by atoms with Crippen LogP contribution >= 0.6 is 11.8 Å². The molecular formula is C24H27N5O4S. The van der Waals surface area contributed by atoms with Crippen LogP contribution in [0.2, 0.25) is 0 Å². The van der Waals surface area contributed by atoms with Crippen LogP contribution in [0.1, 0.15) is 44.2 Å². The quantitative estimate of drug-likeness (QED) is 0.170. The summed E-state index contributed by atoms with van der Waals surface area (Å²) in [5.41, 5.74) is 1.50. The summed E-state index contributed by atoms with van der Waals surface area (Å²) in [7, 11) is 0. The monoisotopic (exact) mass is 481 g/mol. The second-order valence-corrected chi connectivity index (χ2v) is 8.81. The number of aromatic nitrogens is 3. The molecule has 0 aliphatic carbocycles. The van der Waals surface area contributed by atoms with Crippen molar-refractivity contribution in [1.82, 2.24) is 14.8 Å². The van der Waals surface area contributed by atoms with Crippen molar-refractivity contribution in [2.24, 2.45) is 0 Å². The van der Waals surface area contributed by atoms with Crippen LogP contribution in [0.3, 0.4) is 0 Å². The Kier molecular flexibility index (Phi) is 8.42. The number of hydrogen-bond donors (Lipinski definition) is 1. The van der Waals surface area contributed by atoms with Gasteiger partial charge in [0, 0.05) is 24.4 Å². The Morgan fingerprint density at radius 2 is 1.97 bits per heavy atom. The standard InChI is InChI=1S/C24H27N5O4S/c1-5-13-28-23(17(4)33-21-11-9-18(10-12-21)16(2)3)26-27-24(28)34-15-22(30)25-19-7-6-8-20(14-19)29(31)32/h5-12,14,16-17H,1,13,15H2,2-4H3,(H,25,30). The lowest BCUT2D eigenvalue weighted by Gasteiger charge is -2.16. The van der Waals surface area contributed by atoms with Gasteiger partial charge in [-0.1, -0.05) is 49.9 Å². The second-order valence-electron chi connectivity index (χ2n) is 7.87. The molecule has 1 atom stereocenters. The number of amides is 1. The van der Waals surface area contributed by atoms with E-state index in [9.17, 15) is 14.9 Å². The fourth-order valence-corrected chi connectivity index (χ4v) is 3.98. The summed E-state index contributed by atoms with van der Waals surface area (Å²) in [5.74, 6) is 1.54. The topological polar surface area (TPSA) is 112 Å². The summed E-state index contributed by atoms with van der Waals surface area (Å²) in [6.45, 7) is 10.4. The van der Waals surface area contributed by atoms with Crippen molar-refractivity contribution in [1.29, 1.82) is 0 Å². The number of anilines is 1. The predicted octanol–water partition coefficient (Wildman–Crippen LogP) is 5.37. The van der Waals surface area contributed by atoms with Crippen LogP contribution in [0.15, 0.2) is 66.3 Å². The van der Waals surface area contributed by atoms with E-state index in [2.05, 4.69) is 35.9 Å². The number of ether oxygens (including phenoxy) is 1. The van der Waals surface area contributed by atoms with E-state index in [1.54, 1.807) is 12.1 Å². The summed E-state index contributed by atoms with van der Waals surface area (Å²) in [4.78, 5) is 22.8. The highest BCUT2D eigenvalue weighted by atomic mass is 32.2. The summed E-state index contributed by atoms with van der Waals surface area (Å²) >= 11 is 1.21. The summed E-state index contributed by atoms with van der Waals surface area (Å²) in [6.07, 6.45) is 1.36. The predicted molar refractivity (Wildman–Crippen MR) is 132 cm³/mol. The summed E-state index contributed by atoms with van der Waals surface area (Å²) in [5, 5.41) is 22.6. The van der Waals surface area contributed by atoms with Crippen molar-refractivity contribution in [2.75, 3.05) is 11.1 Å². The molecule has 0 spiro atoms. The van der Waals surface area contributed by atoms with E-state index in [0.29, 0.717) is 29.1 Å².